The van der Waals surface area contributed by atoms with Gasteiger partial charge in [-0.3, -0.25) is 4.79 Å². The van der Waals surface area contributed by atoms with E-state index in [9.17, 15) is 14.0 Å². The smallest absolute Gasteiger partial charge is 0.327 e. The monoisotopic (exact) mass is 305 g/mol. The van der Waals surface area contributed by atoms with Crippen LogP contribution in [0.1, 0.15) is 5.56 Å². The first-order valence-electron chi connectivity index (χ1n) is 5.39. The molecule has 1 aromatic carbocycles. The molecular weight excluding hydrogens is 293 g/mol. The van der Waals surface area contributed by atoms with Crippen LogP contribution in [0.15, 0.2) is 18.2 Å². The first-order chi connectivity index (χ1) is 8.93. The molecule has 0 spiro atoms. The van der Waals surface area contributed by atoms with Gasteiger partial charge in [-0.2, -0.15) is 11.8 Å². The number of hydrogen-bond donors (Lipinski definition) is 2. The van der Waals surface area contributed by atoms with Crippen LogP contribution in [-0.4, -0.2) is 35.0 Å². The van der Waals surface area contributed by atoms with E-state index < -0.39 is 23.7 Å². The van der Waals surface area contributed by atoms with Gasteiger partial charge in [0, 0.05) is 10.8 Å². The molecule has 0 saturated heterocycles. The number of carbonyl (C=O) groups is 2. The Bertz CT molecular complexity index is 484. The molecule has 4 nitrogen and oxygen atoms in total. The topological polar surface area (TPSA) is 66.4 Å². The lowest BCUT2D eigenvalue weighted by Gasteiger charge is -2.13. The summed E-state index contributed by atoms with van der Waals surface area (Å²) in [5.41, 5.74) is 0.453. The van der Waals surface area contributed by atoms with Crippen LogP contribution in [0.2, 0.25) is 5.02 Å². The van der Waals surface area contributed by atoms with Gasteiger partial charge in [0.25, 0.3) is 0 Å². The number of carboxylic acids is 1. The number of hydrogen-bond acceptors (Lipinski definition) is 3. The molecule has 1 aromatic rings. The zero-order valence-corrected chi connectivity index (χ0v) is 11.7. The second kappa shape index (κ2) is 7.35. The van der Waals surface area contributed by atoms with E-state index in [4.69, 9.17) is 16.7 Å². The number of rotatable bonds is 6. The third kappa shape index (κ3) is 5.08. The lowest BCUT2D eigenvalue weighted by atomic mass is 10.1. The summed E-state index contributed by atoms with van der Waals surface area (Å²) in [6.45, 7) is 0. The van der Waals surface area contributed by atoms with Crippen LogP contribution in [-0.2, 0) is 16.0 Å². The predicted molar refractivity (Wildman–Crippen MR) is 73.1 cm³/mol. The number of thioether (sulfide) groups is 1. The highest BCUT2D eigenvalue weighted by atomic mass is 35.5. The maximum absolute atomic E-state index is 12.8. The minimum absolute atomic E-state index is 0.0860. The van der Waals surface area contributed by atoms with Crippen molar-refractivity contribution in [2.75, 3.05) is 12.0 Å². The summed E-state index contributed by atoms with van der Waals surface area (Å²) in [5, 5.41) is 11.4. The van der Waals surface area contributed by atoms with Gasteiger partial charge < -0.3 is 10.4 Å². The highest BCUT2D eigenvalue weighted by Crippen LogP contribution is 2.17. The van der Waals surface area contributed by atoms with Crippen LogP contribution < -0.4 is 5.32 Å². The molecule has 0 saturated carbocycles. The number of benzene rings is 1. The lowest BCUT2D eigenvalue weighted by Crippen LogP contribution is -2.43. The molecule has 1 rings (SSSR count). The van der Waals surface area contributed by atoms with Crippen molar-refractivity contribution in [1.29, 1.82) is 0 Å². The first kappa shape index (κ1) is 15.8. The van der Waals surface area contributed by atoms with E-state index in [-0.39, 0.29) is 17.2 Å². The zero-order chi connectivity index (χ0) is 14.4. The molecule has 0 aliphatic rings. The minimum atomic E-state index is -1.09. The van der Waals surface area contributed by atoms with Crippen molar-refractivity contribution in [3.8, 4) is 0 Å². The molecule has 1 amide bonds. The zero-order valence-electron chi connectivity index (χ0n) is 10.2. The number of carboxylic acid groups (broad SMARTS) is 1. The van der Waals surface area contributed by atoms with Crippen molar-refractivity contribution in [2.24, 2.45) is 0 Å². The molecule has 1 atom stereocenters. The van der Waals surface area contributed by atoms with Gasteiger partial charge >= 0.3 is 5.97 Å². The Morgan fingerprint density at radius 1 is 1.53 bits per heavy atom. The van der Waals surface area contributed by atoms with Crippen molar-refractivity contribution in [3.63, 3.8) is 0 Å². The summed E-state index contributed by atoms with van der Waals surface area (Å²) < 4.78 is 12.8. The molecule has 0 fully saturated rings. The van der Waals surface area contributed by atoms with E-state index in [0.717, 1.165) is 6.07 Å². The molecule has 0 heterocycles. The average Bonchev–Trinajstić information content (AvgIpc) is 2.32. The van der Waals surface area contributed by atoms with Crippen molar-refractivity contribution < 1.29 is 19.1 Å². The second-order valence-corrected chi connectivity index (χ2v) is 5.14. The van der Waals surface area contributed by atoms with E-state index in [1.807, 2.05) is 0 Å². The summed E-state index contributed by atoms with van der Waals surface area (Å²) in [7, 11) is 0. The van der Waals surface area contributed by atoms with Crippen LogP contribution in [0.5, 0.6) is 0 Å². The summed E-state index contributed by atoms with van der Waals surface area (Å²) in [4.78, 5) is 22.6. The summed E-state index contributed by atoms with van der Waals surface area (Å²) in [5.74, 6) is -1.76. The van der Waals surface area contributed by atoms with Crippen molar-refractivity contribution in [1.82, 2.24) is 5.32 Å². The average molecular weight is 306 g/mol. The first-order valence-corrected chi connectivity index (χ1v) is 7.16. The predicted octanol–water partition coefficient (Wildman–Crippen LogP) is 1.95. The third-order valence-corrected chi connectivity index (χ3v) is 3.35. The number of halogens is 2. The fraction of sp³-hybridized carbons (Fsp3) is 0.333. The maximum atomic E-state index is 12.8. The van der Waals surface area contributed by atoms with Gasteiger partial charge in [0.05, 0.1) is 6.42 Å². The van der Waals surface area contributed by atoms with Crippen LogP contribution >= 0.6 is 23.4 Å². The van der Waals surface area contributed by atoms with Crippen molar-refractivity contribution in [3.05, 3.63) is 34.6 Å². The van der Waals surface area contributed by atoms with E-state index in [1.54, 1.807) is 6.26 Å². The molecule has 0 aliphatic heterocycles. The van der Waals surface area contributed by atoms with Crippen molar-refractivity contribution >= 4 is 35.2 Å². The number of carbonyl (C=O) groups excluding carboxylic acids is 1. The summed E-state index contributed by atoms with van der Waals surface area (Å²) >= 11 is 7.11. The molecule has 2 N–H and O–H groups in total. The highest BCUT2D eigenvalue weighted by molar-refractivity contribution is 7.98. The molecule has 0 aliphatic carbocycles. The number of nitrogens with one attached hydrogen (secondary N) is 1. The number of aliphatic carboxylic acids is 1. The molecule has 0 radical (unpaired) electrons. The van der Waals surface area contributed by atoms with Crippen LogP contribution in [0.3, 0.4) is 0 Å². The highest BCUT2D eigenvalue weighted by Gasteiger charge is 2.19. The third-order valence-electron chi connectivity index (χ3n) is 2.33. The van der Waals surface area contributed by atoms with Crippen LogP contribution in [0.4, 0.5) is 4.39 Å². The summed E-state index contributed by atoms with van der Waals surface area (Å²) in [6, 6.07) is 2.77. The van der Waals surface area contributed by atoms with E-state index in [0.29, 0.717) is 5.56 Å². The summed E-state index contributed by atoms with van der Waals surface area (Å²) in [6.07, 6.45) is 1.66. The van der Waals surface area contributed by atoms with Gasteiger partial charge in [0.15, 0.2) is 0 Å². The van der Waals surface area contributed by atoms with Crippen LogP contribution in [0.25, 0.3) is 0 Å². The molecular formula is C12H13ClFNO3S. The van der Waals surface area contributed by atoms with E-state index in [1.165, 1.54) is 23.9 Å². The van der Waals surface area contributed by atoms with Gasteiger partial charge in [-0.25, -0.2) is 9.18 Å². The SMILES string of the molecule is CSC[C@H](NC(=O)Cc1ccc(F)cc1Cl)C(=O)O. The molecule has 0 aromatic heterocycles. The molecule has 104 valence electrons. The maximum Gasteiger partial charge on any atom is 0.327 e. The molecule has 7 heteroatoms. The number of amides is 1. The largest absolute Gasteiger partial charge is 0.480 e. The van der Waals surface area contributed by atoms with Gasteiger partial charge in [-0.05, 0) is 24.0 Å². The standard InChI is InChI=1S/C12H13ClFNO3S/c1-19-6-10(12(17)18)15-11(16)4-7-2-3-8(14)5-9(7)13/h2-3,5,10H,4,6H2,1H3,(H,15,16)(H,17,18)/t10-/m0/s1. The Balaban J connectivity index is 2.66. The van der Waals surface area contributed by atoms with Crippen LogP contribution in [0, 0.1) is 5.82 Å². The van der Waals surface area contributed by atoms with Gasteiger partial charge in [0.2, 0.25) is 5.91 Å². The quantitative estimate of drug-likeness (QED) is 0.843. The Labute approximate surface area is 119 Å². The fourth-order valence-electron chi connectivity index (χ4n) is 1.42. The Morgan fingerprint density at radius 2 is 2.21 bits per heavy atom. The van der Waals surface area contributed by atoms with Gasteiger partial charge in [-0.15, -0.1) is 0 Å². The Hall–Kier alpha value is -1.27. The van der Waals surface area contributed by atoms with E-state index in [2.05, 4.69) is 5.32 Å². The van der Waals surface area contributed by atoms with Gasteiger partial charge in [-0.1, -0.05) is 17.7 Å². The fourth-order valence-corrected chi connectivity index (χ4v) is 2.22. The Morgan fingerprint density at radius 3 is 2.74 bits per heavy atom. The second-order valence-electron chi connectivity index (χ2n) is 3.83. The Kier molecular flexibility index (Phi) is 6.11. The molecule has 19 heavy (non-hydrogen) atoms. The molecule has 0 bridgehead atoms. The molecule has 0 unspecified atom stereocenters. The normalized spacial score (nSPS) is 11.9. The van der Waals surface area contributed by atoms with Crippen molar-refractivity contribution in [2.45, 2.75) is 12.5 Å². The van der Waals surface area contributed by atoms with E-state index >= 15 is 0 Å². The van der Waals surface area contributed by atoms with Gasteiger partial charge in [0.1, 0.15) is 11.9 Å². The lowest BCUT2D eigenvalue weighted by molar-refractivity contribution is -0.141. The minimum Gasteiger partial charge on any atom is -0.480 e.